The maximum absolute atomic E-state index is 13.3. The Hall–Kier alpha value is -3.60. The number of rotatable bonds is 5. The standard InChI is InChI=1S/C27H32F3N5O3/c1-25(2)14-18(15-26(3,4)33-25)35(6)22-8-7-19(31-32-22)24-20(36)11-17(12-21(24)38-27(28,29)30)16-9-10-34(5)23(37)13-16/h7-13,18,33,36H,14-15H2,1-6H3. The summed E-state index contributed by atoms with van der Waals surface area (Å²) in [5.74, 6) is -0.577. The maximum Gasteiger partial charge on any atom is 0.573 e. The third-order valence-corrected chi connectivity index (χ3v) is 6.73. The van der Waals surface area contributed by atoms with Gasteiger partial charge in [0, 0.05) is 43.5 Å². The molecule has 1 aliphatic rings. The summed E-state index contributed by atoms with van der Waals surface area (Å²) in [4.78, 5) is 14.1. The van der Waals surface area contributed by atoms with E-state index in [0.29, 0.717) is 11.4 Å². The first-order valence-electron chi connectivity index (χ1n) is 12.2. The average Bonchev–Trinajstić information content (AvgIpc) is 2.77. The number of piperidine rings is 1. The van der Waals surface area contributed by atoms with Gasteiger partial charge in [-0.15, -0.1) is 23.4 Å². The molecule has 0 spiro atoms. The summed E-state index contributed by atoms with van der Waals surface area (Å²) in [6, 6.07) is 8.55. The number of benzene rings is 1. The second kappa shape index (κ2) is 9.61. The minimum Gasteiger partial charge on any atom is -0.507 e. The van der Waals surface area contributed by atoms with Crippen molar-refractivity contribution in [3.8, 4) is 33.9 Å². The smallest absolute Gasteiger partial charge is 0.507 e. The Morgan fingerprint density at radius 3 is 2.26 bits per heavy atom. The van der Waals surface area contributed by atoms with Gasteiger partial charge in [0.15, 0.2) is 5.82 Å². The van der Waals surface area contributed by atoms with E-state index in [0.717, 1.165) is 18.9 Å². The Morgan fingerprint density at radius 1 is 1.05 bits per heavy atom. The molecule has 1 saturated heterocycles. The Labute approximate surface area is 219 Å². The molecule has 0 bridgehead atoms. The molecule has 0 unspecified atom stereocenters. The van der Waals surface area contributed by atoms with Crippen LogP contribution in [-0.2, 0) is 7.05 Å². The van der Waals surface area contributed by atoms with Crippen LogP contribution in [0.4, 0.5) is 19.0 Å². The summed E-state index contributed by atoms with van der Waals surface area (Å²) in [7, 11) is 3.47. The van der Waals surface area contributed by atoms with E-state index in [1.165, 1.54) is 29.0 Å². The van der Waals surface area contributed by atoms with Crippen LogP contribution in [0.15, 0.2) is 47.4 Å². The summed E-state index contributed by atoms with van der Waals surface area (Å²) >= 11 is 0. The molecule has 2 aromatic heterocycles. The Kier molecular flexibility index (Phi) is 6.94. The van der Waals surface area contributed by atoms with Crippen molar-refractivity contribution in [1.29, 1.82) is 0 Å². The number of phenols is 1. The van der Waals surface area contributed by atoms with Crippen LogP contribution in [0.3, 0.4) is 0 Å². The van der Waals surface area contributed by atoms with Gasteiger partial charge in [-0.2, -0.15) is 0 Å². The number of hydrogen-bond donors (Lipinski definition) is 2. The molecule has 0 amide bonds. The average molecular weight is 532 g/mol. The van der Waals surface area contributed by atoms with Gasteiger partial charge in [-0.05, 0) is 82.0 Å². The van der Waals surface area contributed by atoms with E-state index >= 15 is 0 Å². The first-order valence-corrected chi connectivity index (χ1v) is 12.2. The van der Waals surface area contributed by atoms with Gasteiger partial charge in [0.05, 0.1) is 5.56 Å². The number of aryl methyl sites for hydroxylation is 1. The number of ether oxygens (including phenoxy) is 1. The summed E-state index contributed by atoms with van der Waals surface area (Å²) in [5.41, 5.74) is -0.249. The summed E-state index contributed by atoms with van der Waals surface area (Å²) in [6.07, 6.45) is -1.80. The maximum atomic E-state index is 13.3. The molecule has 1 aliphatic heterocycles. The van der Waals surface area contributed by atoms with E-state index in [-0.39, 0.29) is 39.5 Å². The van der Waals surface area contributed by atoms with Crippen molar-refractivity contribution in [3.05, 3.63) is 52.9 Å². The lowest BCUT2D eigenvalue weighted by atomic mass is 9.79. The molecule has 38 heavy (non-hydrogen) atoms. The van der Waals surface area contributed by atoms with E-state index in [1.807, 2.05) is 11.9 Å². The van der Waals surface area contributed by atoms with Gasteiger partial charge < -0.3 is 24.6 Å². The zero-order valence-corrected chi connectivity index (χ0v) is 22.2. The molecule has 1 aromatic carbocycles. The van der Waals surface area contributed by atoms with Crippen LogP contribution >= 0.6 is 0 Å². The van der Waals surface area contributed by atoms with E-state index in [2.05, 4.69) is 47.9 Å². The number of aromatic hydroxyl groups is 1. The molecule has 3 aromatic rings. The van der Waals surface area contributed by atoms with Crippen LogP contribution in [0.5, 0.6) is 11.5 Å². The summed E-state index contributed by atoms with van der Waals surface area (Å²) in [6.45, 7) is 8.58. The number of pyridine rings is 1. The number of hydrogen-bond acceptors (Lipinski definition) is 7. The molecule has 8 nitrogen and oxygen atoms in total. The molecule has 0 atom stereocenters. The van der Waals surface area contributed by atoms with Crippen molar-refractivity contribution in [3.63, 3.8) is 0 Å². The summed E-state index contributed by atoms with van der Waals surface area (Å²) < 4.78 is 45.5. The molecule has 1 fully saturated rings. The number of aromatic nitrogens is 3. The Balaban J connectivity index is 1.70. The minimum atomic E-state index is -5.02. The van der Waals surface area contributed by atoms with Crippen LogP contribution in [0.1, 0.15) is 40.5 Å². The first kappa shape index (κ1) is 27.4. The predicted octanol–water partition coefficient (Wildman–Crippen LogP) is 4.86. The lowest BCUT2D eigenvalue weighted by molar-refractivity contribution is -0.274. The second-order valence-corrected chi connectivity index (χ2v) is 11.1. The molecule has 204 valence electrons. The van der Waals surface area contributed by atoms with E-state index < -0.39 is 17.9 Å². The minimum absolute atomic E-state index is 0.0143. The Bertz CT molecular complexity index is 1370. The lowest BCUT2D eigenvalue weighted by Crippen LogP contribution is -2.62. The van der Waals surface area contributed by atoms with Gasteiger partial charge in [-0.25, -0.2) is 0 Å². The van der Waals surface area contributed by atoms with Crippen molar-refractivity contribution < 1.29 is 23.0 Å². The first-order chi connectivity index (χ1) is 17.5. The second-order valence-electron chi connectivity index (χ2n) is 11.1. The van der Waals surface area contributed by atoms with E-state index in [9.17, 15) is 23.1 Å². The zero-order chi connectivity index (χ0) is 28.0. The molecule has 0 saturated carbocycles. The highest BCUT2D eigenvalue weighted by atomic mass is 19.4. The molecule has 11 heteroatoms. The molecule has 2 N–H and O–H groups in total. The highest BCUT2D eigenvalue weighted by Crippen LogP contribution is 2.43. The van der Waals surface area contributed by atoms with Crippen molar-refractivity contribution in [1.82, 2.24) is 20.1 Å². The molecular formula is C27H32F3N5O3. The van der Waals surface area contributed by atoms with Gasteiger partial charge in [-0.1, -0.05) is 0 Å². The highest BCUT2D eigenvalue weighted by molar-refractivity contribution is 5.80. The highest BCUT2D eigenvalue weighted by Gasteiger charge is 2.39. The van der Waals surface area contributed by atoms with Gasteiger partial charge in [0.2, 0.25) is 0 Å². The van der Waals surface area contributed by atoms with Crippen LogP contribution in [0, 0.1) is 0 Å². The van der Waals surface area contributed by atoms with Crippen LogP contribution in [0.25, 0.3) is 22.4 Å². The molecule has 0 aliphatic carbocycles. The fourth-order valence-corrected chi connectivity index (χ4v) is 5.33. The number of nitrogens with zero attached hydrogens (tertiary/aromatic N) is 4. The third-order valence-electron chi connectivity index (χ3n) is 6.73. The number of halogens is 3. The van der Waals surface area contributed by atoms with Gasteiger partial charge in [0.1, 0.15) is 17.2 Å². The molecule has 0 radical (unpaired) electrons. The number of alkyl halides is 3. The fraction of sp³-hybridized carbons (Fsp3) is 0.444. The van der Waals surface area contributed by atoms with Crippen LogP contribution in [-0.4, -0.2) is 50.4 Å². The number of phenolic OH excluding ortho intramolecular Hbond substituents is 1. The van der Waals surface area contributed by atoms with E-state index in [1.54, 1.807) is 19.2 Å². The van der Waals surface area contributed by atoms with Crippen molar-refractivity contribution in [2.45, 2.75) is 64.0 Å². The fourth-order valence-electron chi connectivity index (χ4n) is 5.33. The van der Waals surface area contributed by atoms with Crippen molar-refractivity contribution >= 4 is 5.82 Å². The quantitative estimate of drug-likeness (QED) is 0.486. The largest absolute Gasteiger partial charge is 0.573 e. The predicted molar refractivity (Wildman–Crippen MR) is 139 cm³/mol. The normalized spacial score (nSPS) is 17.3. The number of anilines is 1. The van der Waals surface area contributed by atoms with Gasteiger partial charge in [-0.3, -0.25) is 4.79 Å². The Morgan fingerprint density at radius 2 is 1.71 bits per heavy atom. The van der Waals surface area contributed by atoms with Crippen molar-refractivity contribution in [2.24, 2.45) is 7.05 Å². The van der Waals surface area contributed by atoms with Crippen LogP contribution < -0.4 is 20.5 Å². The lowest BCUT2D eigenvalue weighted by Gasteiger charge is -2.49. The van der Waals surface area contributed by atoms with Gasteiger partial charge >= 0.3 is 6.36 Å². The van der Waals surface area contributed by atoms with Gasteiger partial charge in [0.25, 0.3) is 5.56 Å². The molecular weight excluding hydrogens is 499 g/mol. The zero-order valence-electron chi connectivity index (χ0n) is 22.2. The summed E-state index contributed by atoms with van der Waals surface area (Å²) in [5, 5.41) is 22.8. The SMILES string of the molecule is CN(c1ccc(-c2c(O)cc(-c3ccn(C)c(=O)c3)cc2OC(F)(F)F)nn1)C1CC(C)(C)NC(C)(C)C1. The van der Waals surface area contributed by atoms with Crippen molar-refractivity contribution in [2.75, 3.05) is 11.9 Å². The van der Waals surface area contributed by atoms with Crippen LogP contribution in [0.2, 0.25) is 0 Å². The number of nitrogens with one attached hydrogen (secondary N) is 1. The molecule has 3 heterocycles. The molecule has 4 rings (SSSR count). The topological polar surface area (TPSA) is 92.5 Å². The third kappa shape index (κ3) is 6.09. The monoisotopic (exact) mass is 531 g/mol. The van der Waals surface area contributed by atoms with E-state index in [4.69, 9.17) is 0 Å².